The molecule has 1 unspecified atom stereocenters. The number of aryl methyl sites for hydroxylation is 1. The summed E-state index contributed by atoms with van der Waals surface area (Å²) in [5, 5.41) is 3.36. The number of halogens is 1. The van der Waals surface area contributed by atoms with Gasteiger partial charge >= 0.3 is 0 Å². The van der Waals surface area contributed by atoms with Crippen molar-refractivity contribution in [3.8, 4) is 11.5 Å². The number of ether oxygens (including phenoxy) is 1. The van der Waals surface area contributed by atoms with E-state index in [9.17, 15) is 4.79 Å². The number of nitrogens with zero attached hydrogens (tertiary/aromatic N) is 4. The van der Waals surface area contributed by atoms with Gasteiger partial charge in [-0.3, -0.25) is 14.7 Å². The molecule has 8 nitrogen and oxygen atoms in total. The Kier molecular flexibility index (Phi) is 7.20. The fourth-order valence-corrected chi connectivity index (χ4v) is 4.93. The molecule has 2 aromatic carbocycles. The summed E-state index contributed by atoms with van der Waals surface area (Å²) in [4.78, 5) is 23.4. The zero-order valence-electron chi connectivity index (χ0n) is 20.2. The van der Waals surface area contributed by atoms with Crippen LogP contribution < -0.4 is 15.8 Å². The number of imidazole rings is 1. The largest absolute Gasteiger partial charge is 0.457 e. The van der Waals surface area contributed by atoms with Crippen molar-refractivity contribution in [2.24, 2.45) is 12.8 Å². The number of aromatic nitrogens is 3. The maximum atomic E-state index is 11.8. The van der Waals surface area contributed by atoms with Gasteiger partial charge in [0.05, 0.1) is 22.8 Å². The Bertz CT molecular complexity index is 1360. The fourth-order valence-electron chi connectivity index (χ4n) is 4.67. The first-order chi connectivity index (χ1) is 17.5. The first kappa shape index (κ1) is 24.3. The van der Waals surface area contributed by atoms with E-state index in [0.29, 0.717) is 11.5 Å². The van der Waals surface area contributed by atoms with Crippen molar-refractivity contribution < 1.29 is 9.53 Å². The van der Waals surface area contributed by atoms with E-state index in [1.54, 1.807) is 6.20 Å². The molecule has 1 atom stereocenters. The van der Waals surface area contributed by atoms with Gasteiger partial charge in [0.25, 0.3) is 0 Å². The van der Waals surface area contributed by atoms with Crippen LogP contribution in [0.3, 0.4) is 0 Å². The van der Waals surface area contributed by atoms with Crippen LogP contribution in [-0.2, 0) is 11.8 Å². The quantitative estimate of drug-likeness (QED) is 0.294. The van der Waals surface area contributed by atoms with Crippen LogP contribution in [0.5, 0.6) is 11.5 Å². The van der Waals surface area contributed by atoms with Crippen LogP contribution >= 0.6 is 15.9 Å². The van der Waals surface area contributed by atoms with Gasteiger partial charge in [-0.15, -0.1) is 0 Å². The molecule has 1 amide bonds. The maximum absolute atomic E-state index is 11.8. The number of nitrogens with two attached hydrogens (primary N) is 1. The number of anilines is 2. The number of benzene rings is 2. The lowest BCUT2D eigenvalue weighted by Crippen LogP contribution is -2.36. The highest BCUT2D eigenvalue weighted by atomic mass is 79.9. The summed E-state index contributed by atoms with van der Waals surface area (Å²) in [6.45, 7) is 1.88. The number of nitrogens with one attached hydrogen (secondary N) is 1. The Morgan fingerprint density at radius 2 is 1.83 bits per heavy atom. The third-order valence-corrected chi connectivity index (χ3v) is 7.04. The second-order valence-electron chi connectivity index (χ2n) is 9.08. The molecule has 186 valence electrons. The molecule has 2 aromatic heterocycles. The average Bonchev–Trinajstić information content (AvgIpc) is 3.18. The number of likely N-dealkylation sites (tertiary alicyclic amines) is 1. The minimum atomic E-state index is -0.327. The highest BCUT2D eigenvalue weighted by Crippen LogP contribution is 2.31. The molecule has 1 fully saturated rings. The Morgan fingerprint density at radius 1 is 1.08 bits per heavy atom. The molecular formula is C27H29BrN6O2. The first-order valence-electron chi connectivity index (χ1n) is 12.1. The van der Waals surface area contributed by atoms with Crippen LogP contribution in [0.1, 0.15) is 37.4 Å². The van der Waals surface area contributed by atoms with Crippen LogP contribution in [-0.4, -0.2) is 38.4 Å². The molecule has 1 aliphatic rings. The van der Waals surface area contributed by atoms with E-state index in [0.717, 1.165) is 58.8 Å². The van der Waals surface area contributed by atoms with E-state index in [1.807, 2.05) is 66.2 Å². The molecule has 1 aliphatic heterocycles. The highest BCUT2D eigenvalue weighted by Gasteiger charge is 2.25. The third-order valence-electron chi connectivity index (χ3n) is 6.51. The number of piperidine rings is 1. The number of carbonyl (C=O) groups excluding carboxylic acids is 1. The SMILES string of the molecule is Cn1c(Nc2ccc(Br)cc2)nc2cc(Oc3ccnc(C(CC(N)=O)N4CCCCC4)c3)ccc21. The van der Waals surface area contributed by atoms with Gasteiger partial charge in [0.1, 0.15) is 11.5 Å². The van der Waals surface area contributed by atoms with Crippen molar-refractivity contribution in [3.05, 3.63) is 71.0 Å². The van der Waals surface area contributed by atoms with Gasteiger partial charge in [-0.1, -0.05) is 22.4 Å². The average molecular weight is 549 g/mol. The second kappa shape index (κ2) is 10.7. The van der Waals surface area contributed by atoms with Crippen LogP contribution in [0.15, 0.2) is 65.3 Å². The van der Waals surface area contributed by atoms with E-state index in [4.69, 9.17) is 15.5 Å². The van der Waals surface area contributed by atoms with Crippen molar-refractivity contribution in [2.45, 2.75) is 31.7 Å². The zero-order valence-corrected chi connectivity index (χ0v) is 21.7. The molecular weight excluding hydrogens is 520 g/mol. The van der Waals surface area contributed by atoms with Gasteiger partial charge in [0.2, 0.25) is 11.9 Å². The van der Waals surface area contributed by atoms with Crippen molar-refractivity contribution in [3.63, 3.8) is 0 Å². The van der Waals surface area contributed by atoms with Gasteiger partial charge in [-0.2, -0.15) is 0 Å². The molecule has 0 saturated carbocycles. The third kappa shape index (κ3) is 5.52. The Hall–Kier alpha value is -3.43. The number of pyridine rings is 1. The highest BCUT2D eigenvalue weighted by molar-refractivity contribution is 9.10. The molecule has 0 bridgehead atoms. The maximum Gasteiger partial charge on any atom is 0.219 e. The molecule has 5 rings (SSSR count). The van der Waals surface area contributed by atoms with Crippen molar-refractivity contribution in [1.29, 1.82) is 0 Å². The van der Waals surface area contributed by atoms with Crippen molar-refractivity contribution >= 4 is 44.5 Å². The van der Waals surface area contributed by atoms with E-state index in [2.05, 4.69) is 31.1 Å². The van der Waals surface area contributed by atoms with E-state index >= 15 is 0 Å². The number of amides is 1. The molecule has 3 heterocycles. The first-order valence-corrected chi connectivity index (χ1v) is 12.9. The van der Waals surface area contributed by atoms with Gasteiger partial charge in [0.15, 0.2) is 0 Å². The summed E-state index contributed by atoms with van der Waals surface area (Å²) in [7, 11) is 1.98. The Labute approximate surface area is 218 Å². The van der Waals surface area contributed by atoms with E-state index in [-0.39, 0.29) is 18.4 Å². The number of rotatable bonds is 8. The van der Waals surface area contributed by atoms with E-state index in [1.165, 1.54) is 6.42 Å². The minimum Gasteiger partial charge on any atom is -0.457 e. The van der Waals surface area contributed by atoms with Crippen LogP contribution in [0.4, 0.5) is 11.6 Å². The number of fused-ring (bicyclic) bond motifs is 1. The van der Waals surface area contributed by atoms with E-state index < -0.39 is 0 Å². The molecule has 36 heavy (non-hydrogen) atoms. The fraction of sp³-hybridized carbons (Fsp3) is 0.296. The number of hydrogen-bond donors (Lipinski definition) is 2. The molecule has 3 N–H and O–H groups in total. The van der Waals surface area contributed by atoms with Crippen molar-refractivity contribution in [2.75, 3.05) is 18.4 Å². The Balaban J connectivity index is 1.37. The van der Waals surface area contributed by atoms with Crippen LogP contribution in [0.25, 0.3) is 11.0 Å². The van der Waals surface area contributed by atoms with Gasteiger partial charge in [0, 0.05) is 42.0 Å². The summed E-state index contributed by atoms with van der Waals surface area (Å²) in [5.74, 6) is 1.76. The number of carbonyl (C=O) groups is 1. The lowest BCUT2D eigenvalue weighted by molar-refractivity contribution is -0.119. The summed E-state index contributed by atoms with van der Waals surface area (Å²) in [6.07, 6.45) is 5.42. The molecule has 1 saturated heterocycles. The van der Waals surface area contributed by atoms with Crippen molar-refractivity contribution in [1.82, 2.24) is 19.4 Å². The van der Waals surface area contributed by atoms with Gasteiger partial charge < -0.3 is 20.4 Å². The normalized spacial score (nSPS) is 15.1. The monoisotopic (exact) mass is 548 g/mol. The molecule has 4 aromatic rings. The lowest BCUT2D eigenvalue weighted by Gasteiger charge is -2.33. The van der Waals surface area contributed by atoms with Crippen LogP contribution in [0.2, 0.25) is 0 Å². The minimum absolute atomic E-state index is 0.142. The summed E-state index contributed by atoms with van der Waals surface area (Å²) in [5.41, 5.74) is 9.15. The number of hydrogen-bond acceptors (Lipinski definition) is 6. The standard InChI is InChI=1S/C27H29BrN6O2/c1-33-24-10-9-20(16-23(24)32-27(33)31-19-7-5-18(28)6-8-19)36-21-11-12-30-22(15-21)25(17-26(29)35)34-13-3-2-4-14-34/h5-12,15-16,25H,2-4,13-14,17H2,1H3,(H2,29,35)(H,31,32). The van der Waals surface area contributed by atoms with Gasteiger partial charge in [-0.05, 0) is 68.4 Å². The molecule has 0 radical (unpaired) electrons. The smallest absolute Gasteiger partial charge is 0.219 e. The predicted molar refractivity (Wildman–Crippen MR) is 144 cm³/mol. The topological polar surface area (TPSA) is 98.3 Å². The van der Waals surface area contributed by atoms with Crippen LogP contribution in [0, 0.1) is 0 Å². The zero-order chi connectivity index (χ0) is 25.1. The number of primary amides is 1. The summed E-state index contributed by atoms with van der Waals surface area (Å²) in [6, 6.07) is 17.4. The molecule has 9 heteroatoms. The second-order valence-corrected chi connectivity index (χ2v) is 9.99. The lowest BCUT2D eigenvalue weighted by atomic mass is 10.0. The van der Waals surface area contributed by atoms with Gasteiger partial charge in [-0.25, -0.2) is 4.98 Å². The summed E-state index contributed by atoms with van der Waals surface area (Å²) >= 11 is 3.46. The molecule has 0 aliphatic carbocycles. The molecule has 0 spiro atoms. The predicted octanol–water partition coefficient (Wildman–Crippen LogP) is 5.67. The Morgan fingerprint density at radius 3 is 2.58 bits per heavy atom. The summed E-state index contributed by atoms with van der Waals surface area (Å²) < 4.78 is 9.24.